The molecule has 2 aromatic carbocycles. The van der Waals surface area contributed by atoms with Gasteiger partial charge in [-0.15, -0.1) is 0 Å². The van der Waals surface area contributed by atoms with Crippen LogP contribution in [0.5, 0.6) is 0 Å². The summed E-state index contributed by atoms with van der Waals surface area (Å²) in [4.78, 5) is 14.5. The Morgan fingerprint density at radius 1 is 1.14 bits per heavy atom. The SMILES string of the molecule is Nc1ccc(C(=O)N2CCCc3ccccc3C2)cc1Cl. The minimum absolute atomic E-state index is 0.00797. The van der Waals surface area contributed by atoms with E-state index in [-0.39, 0.29) is 5.91 Å². The molecule has 1 aliphatic rings. The van der Waals surface area contributed by atoms with Crippen LogP contribution in [0.4, 0.5) is 5.69 Å². The van der Waals surface area contributed by atoms with Gasteiger partial charge in [0, 0.05) is 18.7 Å². The second-order valence-corrected chi connectivity index (χ2v) is 5.74. The second kappa shape index (κ2) is 5.78. The van der Waals surface area contributed by atoms with Gasteiger partial charge in [0.05, 0.1) is 10.7 Å². The lowest BCUT2D eigenvalue weighted by Gasteiger charge is -2.21. The first-order valence-electron chi connectivity index (χ1n) is 7.06. The molecule has 3 rings (SSSR count). The third-order valence-electron chi connectivity index (χ3n) is 3.89. The van der Waals surface area contributed by atoms with E-state index in [1.54, 1.807) is 18.2 Å². The van der Waals surface area contributed by atoms with Crippen molar-refractivity contribution in [2.24, 2.45) is 0 Å². The van der Waals surface area contributed by atoms with E-state index in [4.69, 9.17) is 17.3 Å². The Bertz CT molecular complexity index is 684. The van der Waals surface area contributed by atoms with Gasteiger partial charge in [-0.25, -0.2) is 0 Å². The molecule has 4 heteroatoms. The van der Waals surface area contributed by atoms with Gasteiger partial charge in [0.25, 0.3) is 5.91 Å². The van der Waals surface area contributed by atoms with E-state index in [1.807, 2.05) is 11.0 Å². The zero-order valence-corrected chi connectivity index (χ0v) is 12.4. The van der Waals surface area contributed by atoms with Gasteiger partial charge in [0.15, 0.2) is 0 Å². The predicted molar refractivity (Wildman–Crippen MR) is 85.4 cm³/mol. The second-order valence-electron chi connectivity index (χ2n) is 5.34. The summed E-state index contributed by atoms with van der Waals surface area (Å²) >= 11 is 6.01. The maximum absolute atomic E-state index is 12.7. The number of fused-ring (bicyclic) bond motifs is 1. The molecule has 0 fully saturated rings. The van der Waals surface area contributed by atoms with E-state index in [0.717, 1.165) is 19.4 Å². The summed E-state index contributed by atoms with van der Waals surface area (Å²) in [7, 11) is 0. The molecule has 1 amide bonds. The normalized spacial score (nSPS) is 14.4. The van der Waals surface area contributed by atoms with Crippen molar-refractivity contribution in [1.29, 1.82) is 0 Å². The Morgan fingerprint density at radius 3 is 2.67 bits per heavy atom. The van der Waals surface area contributed by atoms with Crippen LogP contribution >= 0.6 is 11.6 Å². The number of carbonyl (C=O) groups excluding carboxylic acids is 1. The maximum Gasteiger partial charge on any atom is 0.254 e. The number of anilines is 1. The highest BCUT2D eigenvalue weighted by Crippen LogP contribution is 2.23. The number of halogens is 1. The maximum atomic E-state index is 12.7. The summed E-state index contributed by atoms with van der Waals surface area (Å²) in [5.41, 5.74) is 9.35. The van der Waals surface area contributed by atoms with Crippen molar-refractivity contribution in [1.82, 2.24) is 4.90 Å². The van der Waals surface area contributed by atoms with Gasteiger partial charge in [-0.05, 0) is 42.2 Å². The number of nitrogens with two attached hydrogens (primary N) is 1. The van der Waals surface area contributed by atoms with E-state index in [9.17, 15) is 4.79 Å². The third-order valence-corrected chi connectivity index (χ3v) is 4.22. The van der Waals surface area contributed by atoms with Crippen molar-refractivity contribution >= 4 is 23.2 Å². The van der Waals surface area contributed by atoms with Crippen LogP contribution in [-0.4, -0.2) is 17.4 Å². The Morgan fingerprint density at radius 2 is 1.90 bits per heavy atom. The average Bonchev–Trinajstić information content (AvgIpc) is 2.71. The van der Waals surface area contributed by atoms with E-state index in [0.29, 0.717) is 22.8 Å². The zero-order valence-electron chi connectivity index (χ0n) is 11.7. The Labute approximate surface area is 129 Å². The number of nitrogens with zero attached hydrogens (tertiary/aromatic N) is 1. The Balaban J connectivity index is 1.86. The first-order valence-corrected chi connectivity index (χ1v) is 7.44. The van der Waals surface area contributed by atoms with Gasteiger partial charge < -0.3 is 10.6 Å². The molecule has 0 saturated heterocycles. The predicted octanol–water partition coefficient (Wildman–Crippen LogP) is 3.51. The molecule has 1 heterocycles. The number of rotatable bonds is 1. The van der Waals surface area contributed by atoms with E-state index in [2.05, 4.69) is 18.2 Å². The molecular formula is C17H17ClN2O. The van der Waals surface area contributed by atoms with E-state index < -0.39 is 0 Å². The molecule has 0 spiro atoms. The van der Waals surface area contributed by atoms with Gasteiger partial charge >= 0.3 is 0 Å². The summed E-state index contributed by atoms with van der Waals surface area (Å²) in [6.07, 6.45) is 1.99. The number of hydrogen-bond donors (Lipinski definition) is 1. The standard InChI is InChI=1S/C17H17ClN2O/c18-15-10-13(7-8-16(15)19)17(21)20-9-3-6-12-4-1-2-5-14(12)11-20/h1-2,4-5,7-8,10H,3,6,9,11,19H2. The Kier molecular flexibility index (Phi) is 3.84. The van der Waals surface area contributed by atoms with Crippen LogP contribution in [0.3, 0.4) is 0 Å². The summed E-state index contributed by atoms with van der Waals surface area (Å²) in [5, 5.41) is 0.427. The van der Waals surface area contributed by atoms with Gasteiger partial charge in [0.2, 0.25) is 0 Å². The van der Waals surface area contributed by atoms with Gasteiger partial charge in [-0.3, -0.25) is 4.79 Å². The van der Waals surface area contributed by atoms with E-state index in [1.165, 1.54) is 11.1 Å². The molecule has 3 nitrogen and oxygen atoms in total. The highest BCUT2D eigenvalue weighted by atomic mass is 35.5. The summed E-state index contributed by atoms with van der Waals surface area (Å²) in [6.45, 7) is 1.41. The third kappa shape index (κ3) is 2.88. The van der Waals surface area contributed by atoms with Crippen molar-refractivity contribution in [3.8, 4) is 0 Å². The molecule has 0 bridgehead atoms. The minimum atomic E-state index is 0.00797. The summed E-state index contributed by atoms with van der Waals surface area (Å²) in [5.74, 6) is 0.00797. The van der Waals surface area contributed by atoms with Crippen molar-refractivity contribution in [3.05, 3.63) is 64.2 Å². The summed E-state index contributed by atoms with van der Waals surface area (Å²) < 4.78 is 0. The van der Waals surface area contributed by atoms with Crippen LogP contribution in [0.2, 0.25) is 5.02 Å². The first kappa shape index (κ1) is 14.0. The topological polar surface area (TPSA) is 46.3 Å². The minimum Gasteiger partial charge on any atom is -0.398 e. The van der Waals surface area contributed by atoms with Gasteiger partial charge in [-0.2, -0.15) is 0 Å². The van der Waals surface area contributed by atoms with Crippen molar-refractivity contribution < 1.29 is 4.79 Å². The molecule has 0 radical (unpaired) electrons. The zero-order chi connectivity index (χ0) is 14.8. The molecule has 1 aliphatic heterocycles. The van der Waals surface area contributed by atoms with Crippen molar-refractivity contribution in [2.75, 3.05) is 12.3 Å². The summed E-state index contributed by atoms with van der Waals surface area (Å²) in [6, 6.07) is 13.4. The average molecular weight is 301 g/mol. The Hall–Kier alpha value is -2.00. The number of aryl methyl sites for hydroxylation is 1. The molecular weight excluding hydrogens is 284 g/mol. The molecule has 108 valence electrons. The number of carbonyl (C=O) groups is 1. The molecule has 21 heavy (non-hydrogen) atoms. The van der Waals surface area contributed by atoms with Crippen LogP contribution in [-0.2, 0) is 13.0 Å². The highest BCUT2D eigenvalue weighted by Gasteiger charge is 2.20. The fourth-order valence-corrected chi connectivity index (χ4v) is 2.90. The molecule has 2 N–H and O–H groups in total. The highest BCUT2D eigenvalue weighted by molar-refractivity contribution is 6.33. The molecule has 2 aromatic rings. The fraction of sp³-hybridized carbons (Fsp3) is 0.235. The molecule has 0 unspecified atom stereocenters. The van der Waals surface area contributed by atoms with Crippen LogP contribution in [0.1, 0.15) is 27.9 Å². The van der Waals surface area contributed by atoms with Crippen LogP contribution in [0.15, 0.2) is 42.5 Å². The lowest BCUT2D eigenvalue weighted by molar-refractivity contribution is 0.0746. The number of nitrogen functional groups attached to an aromatic ring is 1. The fourth-order valence-electron chi connectivity index (χ4n) is 2.72. The number of benzene rings is 2. The monoisotopic (exact) mass is 300 g/mol. The lowest BCUT2D eigenvalue weighted by atomic mass is 10.0. The van der Waals surface area contributed by atoms with Crippen molar-refractivity contribution in [2.45, 2.75) is 19.4 Å². The van der Waals surface area contributed by atoms with Crippen LogP contribution in [0, 0.1) is 0 Å². The van der Waals surface area contributed by atoms with Crippen LogP contribution < -0.4 is 5.73 Å². The van der Waals surface area contributed by atoms with Crippen LogP contribution in [0.25, 0.3) is 0 Å². The largest absolute Gasteiger partial charge is 0.398 e. The van der Waals surface area contributed by atoms with Gasteiger partial charge in [-0.1, -0.05) is 35.9 Å². The molecule has 0 aliphatic carbocycles. The lowest BCUT2D eigenvalue weighted by Crippen LogP contribution is -2.30. The smallest absolute Gasteiger partial charge is 0.254 e. The number of amides is 1. The first-order chi connectivity index (χ1) is 10.1. The van der Waals surface area contributed by atoms with Gasteiger partial charge in [0.1, 0.15) is 0 Å². The quantitative estimate of drug-likeness (QED) is 0.819. The van der Waals surface area contributed by atoms with Crippen molar-refractivity contribution in [3.63, 3.8) is 0 Å². The van der Waals surface area contributed by atoms with E-state index >= 15 is 0 Å². The molecule has 0 saturated carbocycles. The molecule has 0 aromatic heterocycles. The number of hydrogen-bond acceptors (Lipinski definition) is 2. The molecule has 0 atom stereocenters.